The summed E-state index contributed by atoms with van der Waals surface area (Å²) in [7, 11) is 0. The second-order valence-corrected chi connectivity index (χ2v) is 6.17. The van der Waals surface area contributed by atoms with Crippen molar-refractivity contribution in [1.82, 2.24) is 4.90 Å². The van der Waals surface area contributed by atoms with Gasteiger partial charge in [-0.3, -0.25) is 4.79 Å². The Hall–Kier alpha value is -2.07. The van der Waals surface area contributed by atoms with E-state index >= 15 is 0 Å². The normalized spacial score (nSPS) is 23.8. The summed E-state index contributed by atoms with van der Waals surface area (Å²) in [5, 5.41) is 0. The van der Waals surface area contributed by atoms with Crippen molar-refractivity contribution >= 4 is 5.91 Å². The number of carbonyl (C=O) groups is 1. The van der Waals surface area contributed by atoms with Gasteiger partial charge in [0.1, 0.15) is 17.6 Å². The van der Waals surface area contributed by atoms with Crippen LogP contribution in [0.4, 0.5) is 0 Å². The van der Waals surface area contributed by atoms with Crippen LogP contribution in [0.25, 0.3) is 0 Å². The molecule has 1 saturated heterocycles. The van der Waals surface area contributed by atoms with Crippen LogP contribution in [0.2, 0.25) is 0 Å². The Bertz CT molecular complexity index is 717. The van der Waals surface area contributed by atoms with Gasteiger partial charge < -0.3 is 14.1 Å². The predicted octanol–water partition coefficient (Wildman–Crippen LogP) is 2.90. The molecule has 114 valence electrons. The number of amides is 1. The monoisotopic (exact) mass is 297 g/mol. The molecule has 0 N–H and O–H groups in total. The molecule has 1 aliphatic carbocycles. The first kappa shape index (κ1) is 13.6. The van der Waals surface area contributed by atoms with E-state index in [-0.39, 0.29) is 11.5 Å². The zero-order valence-corrected chi connectivity index (χ0v) is 12.7. The van der Waals surface area contributed by atoms with E-state index in [1.807, 2.05) is 11.8 Å². The molecule has 1 atom stereocenters. The van der Waals surface area contributed by atoms with E-state index in [2.05, 4.69) is 24.3 Å². The van der Waals surface area contributed by atoms with Gasteiger partial charge in [-0.1, -0.05) is 24.3 Å². The zero-order chi connectivity index (χ0) is 15.2. The minimum absolute atomic E-state index is 0.0314. The van der Waals surface area contributed by atoms with Crippen LogP contribution < -0.4 is 0 Å². The fourth-order valence-electron chi connectivity index (χ4n) is 3.66. The molecule has 0 radical (unpaired) electrons. The summed E-state index contributed by atoms with van der Waals surface area (Å²) in [4.78, 5) is 14.6. The Kier molecular flexibility index (Phi) is 3.08. The van der Waals surface area contributed by atoms with Gasteiger partial charge in [-0.25, -0.2) is 0 Å². The maximum absolute atomic E-state index is 12.7. The van der Waals surface area contributed by atoms with Gasteiger partial charge in [0.25, 0.3) is 5.91 Å². The zero-order valence-electron chi connectivity index (χ0n) is 12.7. The molecule has 0 bridgehead atoms. The van der Waals surface area contributed by atoms with Gasteiger partial charge in [0.15, 0.2) is 0 Å². The number of rotatable bonds is 1. The van der Waals surface area contributed by atoms with E-state index in [1.54, 1.807) is 12.3 Å². The molecule has 1 aromatic heterocycles. The minimum Gasteiger partial charge on any atom is -0.469 e. The first-order valence-electron chi connectivity index (χ1n) is 7.75. The number of hydrogen-bond donors (Lipinski definition) is 0. The highest BCUT2D eigenvalue weighted by atomic mass is 16.5. The molecule has 1 aromatic carbocycles. The van der Waals surface area contributed by atoms with Crippen LogP contribution in [0.3, 0.4) is 0 Å². The minimum atomic E-state index is -0.330. The third kappa shape index (κ3) is 2.06. The quantitative estimate of drug-likeness (QED) is 0.813. The number of morpholine rings is 1. The number of benzene rings is 1. The predicted molar refractivity (Wildman–Crippen MR) is 81.7 cm³/mol. The fourth-order valence-corrected chi connectivity index (χ4v) is 3.66. The van der Waals surface area contributed by atoms with Crippen LogP contribution in [0, 0.1) is 6.92 Å². The van der Waals surface area contributed by atoms with Gasteiger partial charge in [-0.15, -0.1) is 0 Å². The van der Waals surface area contributed by atoms with Crippen molar-refractivity contribution in [1.29, 1.82) is 0 Å². The van der Waals surface area contributed by atoms with Gasteiger partial charge in [-0.2, -0.15) is 0 Å². The van der Waals surface area contributed by atoms with Crippen LogP contribution in [-0.4, -0.2) is 30.5 Å². The lowest BCUT2D eigenvalue weighted by Gasteiger charge is -2.41. The lowest BCUT2D eigenvalue weighted by atomic mass is 9.93. The standard InChI is InChI=1S/C18H19NO3/c1-13-10-15(11-21-13)17(20)19-8-9-22-18(12-19)7-6-14-4-2-3-5-16(14)18/h2-5,10-11H,6-9,12H2,1H3/t18-/m0/s1. The number of carbonyl (C=O) groups excluding carboxylic acids is 1. The van der Waals surface area contributed by atoms with Gasteiger partial charge in [0.05, 0.1) is 18.7 Å². The van der Waals surface area contributed by atoms with Gasteiger partial charge >= 0.3 is 0 Å². The molecule has 2 aliphatic rings. The highest BCUT2D eigenvalue weighted by Gasteiger charge is 2.44. The number of hydrogen-bond acceptors (Lipinski definition) is 3. The molecule has 1 amide bonds. The van der Waals surface area contributed by atoms with Gasteiger partial charge in [-0.05, 0) is 37.0 Å². The number of ether oxygens (including phenoxy) is 1. The molecule has 1 spiro atoms. The Balaban J connectivity index is 1.62. The maximum Gasteiger partial charge on any atom is 0.257 e. The molecule has 4 rings (SSSR count). The second kappa shape index (κ2) is 4.99. The van der Waals surface area contributed by atoms with Crippen molar-refractivity contribution in [3.63, 3.8) is 0 Å². The third-order valence-electron chi connectivity index (χ3n) is 4.76. The fraction of sp³-hybridized carbons (Fsp3) is 0.389. The highest BCUT2D eigenvalue weighted by molar-refractivity contribution is 5.94. The number of fused-ring (bicyclic) bond motifs is 2. The van der Waals surface area contributed by atoms with Crippen LogP contribution >= 0.6 is 0 Å². The van der Waals surface area contributed by atoms with E-state index in [1.165, 1.54) is 11.1 Å². The van der Waals surface area contributed by atoms with Crippen molar-refractivity contribution < 1.29 is 13.9 Å². The van der Waals surface area contributed by atoms with Crippen molar-refractivity contribution in [2.75, 3.05) is 19.7 Å². The topological polar surface area (TPSA) is 42.7 Å². The largest absolute Gasteiger partial charge is 0.469 e. The molecular formula is C18H19NO3. The Morgan fingerprint density at radius 2 is 2.18 bits per heavy atom. The Morgan fingerprint density at radius 1 is 1.32 bits per heavy atom. The summed E-state index contributed by atoms with van der Waals surface area (Å²) in [6.45, 7) is 3.68. The average Bonchev–Trinajstić information content (AvgIpc) is 3.12. The smallest absolute Gasteiger partial charge is 0.257 e. The van der Waals surface area contributed by atoms with Crippen LogP contribution in [0.5, 0.6) is 0 Å². The van der Waals surface area contributed by atoms with Crippen LogP contribution in [-0.2, 0) is 16.8 Å². The van der Waals surface area contributed by atoms with Crippen LogP contribution in [0.15, 0.2) is 41.0 Å². The van der Waals surface area contributed by atoms with E-state index < -0.39 is 0 Å². The highest BCUT2D eigenvalue weighted by Crippen LogP contribution is 2.42. The number of nitrogens with zero attached hydrogens (tertiary/aromatic N) is 1. The van der Waals surface area contributed by atoms with Crippen molar-refractivity contribution in [2.24, 2.45) is 0 Å². The Morgan fingerprint density at radius 3 is 3.00 bits per heavy atom. The van der Waals surface area contributed by atoms with Crippen molar-refractivity contribution in [3.05, 3.63) is 59.0 Å². The lowest BCUT2D eigenvalue weighted by Crippen LogP contribution is -2.51. The first-order chi connectivity index (χ1) is 10.7. The Labute approximate surface area is 129 Å². The van der Waals surface area contributed by atoms with Crippen molar-refractivity contribution in [3.8, 4) is 0 Å². The molecule has 4 nitrogen and oxygen atoms in total. The van der Waals surface area contributed by atoms with E-state index in [9.17, 15) is 4.79 Å². The maximum atomic E-state index is 12.7. The summed E-state index contributed by atoms with van der Waals surface area (Å²) in [6.07, 6.45) is 3.51. The second-order valence-electron chi connectivity index (χ2n) is 6.17. The molecule has 0 saturated carbocycles. The molecule has 22 heavy (non-hydrogen) atoms. The van der Waals surface area contributed by atoms with E-state index in [4.69, 9.17) is 9.15 Å². The van der Waals surface area contributed by atoms with E-state index in [0.717, 1.165) is 18.6 Å². The van der Waals surface area contributed by atoms with Crippen molar-refractivity contribution in [2.45, 2.75) is 25.4 Å². The molecule has 1 aliphatic heterocycles. The van der Waals surface area contributed by atoms with Gasteiger partial charge in [0.2, 0.25) is 0 Å². The molecule has 0 unspecified atom stereocenters. The lowest BCUT2D eigenvalue weighted by molar-refractivity contribution is -0.103. The molecule has 2 aromatic rings. The van der Waals surface area contributed by atoms with Gasteiger partial charge in [0, 0.05) is 6.54 Å². The van der Waals surface area contributed by atoms with E-state index in [0.29, 0.717) is 25.3 Å². The SMILES string of the molecule is Cc1cc(C(=O)N2CCO[C@@]3(CCc4ccccc43)C2)co1. The summed E-state index contributed by atoms with van der Waals surface area (Å²) < 4.78 is 11.4. The summed E-state index contributed by atoms with van der Waals surface area (Å²) >= 11 is 0. The molecule has 1 fully saturated rings. The average molecular weight is 297 g/mol. The first-order valence-corrected chi connectivity index (χ1v) is 7.75. The van der Waals surface area contributed by atoms with Crippen LogP contribution in [0.1, 0.15) is 33.7 Å². The number of aryl methyl sites for hydroxylation is 2. The summed E-state index contributed by atoms with van der Waals surface area (Å²) in [5.41, 5.74) is 2.89. The molecular weight excluding hydrogens is 278 g/mol. The third-order valence-corrected chi connectivity index (χ3v) is 4.76. The summed E-state index contributed by atoms with van der Waals surface area (Å²) in [5.74, 6) is 0.793. The molecule has 4 heteroatoms. The summed E-state index contributed by atoms with van der Waals surface area (Å²) in [6, 6.07) is 10.2. The number of furan rings is 1. The molecule has 2 heterocycles.